The van der Waals surface area contributed by atoms with Gasteiger partial charge in [-0.1, -0.05) is 5.16 Å². The van der Waals surface area contributed by atoms with Gasteiger partial charge in [0.25, 0.3) is 0 Å². The Morgan fingerprint density at radius 1 is 1.31 bits per heavy atom. The van der Waals surface area contributed by atoms with Crippen LogP contribution in [0.3, 0.4) is 0 Å². The Kier molecular flexibility index (Phi) is 5.13. The third kappa shape index (κ3) is 4.04. The predicted octanol–water partition coefficient (Wildman–Crippen LogP) is 3.59. The van der Waals surface area contributed by atoms with Crippen molar-refractivity contribution in [1.29, 1.82) is 0 Å². The Bertz CT molecular complexity index is 1230. The molecule has 3 aromatic heterocycles. The predicted molar refractivity (Wildman–Crippen MR) is 105 cm³/mol. The molecule has 0 aliphatic carbocycles. The number of nitrogens with zero attached hydrogens (tertiary/aromatic N) is 2. The Morgan fingerprint density at radius 2 is 2.17 bits per heavy atom. The molecule has 0 amide bonds. The molecule has 0 fully saturated rings. The molecule has 8 nitrogen and oxygen atoms in total. The van der Waals surface area contributed by atoms with Gasteiger partial charge in [-0.05, 0) is 30.5 Å². The molecule has 4 rings (SSSR count). The summed E-state index contributed by atoms with van der Waals surface area (Å²) in [7, 11) is 0. The number of phenolic OH excluding ortho intramolecular Hbond substituents is 1. The van der Waals surface area contributed by atoms with Gasteiger partial charge in [0.15, 0.2) is 0 Å². The number of aromatic hydroxyl groups is 1. The fraction of sp³-hybridized carbons (Fsp3) is 0.200. The molecule has 0 aliphatic heterocycles. The van der Waals surface area contributed by atoms with Crippen LogP contribution in [0.2, 0.25) is 0 Å². The number of hydrogen-bond donors (Lipinski definition) is 1. The van der Waals surface area contributed by atoms with Gasteiger partial charge >= 0.3 is 11.6 Å². The highest BCUT2D eigenvalue weighted by Gasteiger charge is 2.14. The number of carbonyl (C=O) groups is 1. The monoisotopic (exact) mass is 412 g/mol. The highest BCUT2D eigenvalue weighted by atomic mass is 32.1. The van der Waals surface area contributed by atoms with Crippen molar-refractivity contribution in [3.63, 3.8) is 0 Å². The zero-order valence-corrected chi connectivity index (χ0v) is 16.2. The molecule has 0 aliphatic rings. The quantitative estimate of drug-likeness (QED) is 0.377. The number of esters is 1. The zero-order chi connectivity index (χ0) is 20.4. The molecule has 3 heterocycles. The summed E-state index contributed by atoms with van der Waals surface area (Å²) >= 11 is 1.53. The van der Waals surface area contributed by atoms with Crippen molar-refractivity contribution in [2.24, 2.45) is 0 Å². The van der Waals surface area contributed by atoms with Crippen LogP contribution in [0.15, 0.2) is 48.8 Å². The number of rotatable bonds is 6. The van der Waals surface area contributed by atoms with Crippen LogP contribution in [-0.4, -0.2) is 21.2 Å². The Morgan fingerprint density at radius 3 is 2.97 bits per heavy atom. The summed E-state index contributed by atoms with van der Waals surface area (Å²) in [5, 5.41) is 18.1. The van der Waals surface area contributed by atoms with E-state index in [-0.39, 0.29) is 30.8 Å². The zero-order valence-electron chi connectivity index (χ0n) is 15.4. The first-order valence-electron chi connectivity index (χ1n) is 8.77. The molecule has 29 heavy (non-hydrogen) atoms. The molecular weight excluding hydrogens is 396 g/mol. The molecule has 148 valence electrons. The molecule has 9 heteroatoms. The van der Waals surface area contributed by atoms with Crippen molar-refractivity contribution in [3.05, 3.63) is 62.5 Å². The highest BCUT2D eigenvalue weighted by molar-refractivity contribution is 7.08. The van der Waals surface area contributed by atoms with Crippen LogP contribution in [0.25, 0.3) is 22.4 Å². The van der Waals surface area contributed by atoms with E-state index in [0.29, 0.717) is 28.2 Å². The van der Waals surface area contributed by atoms with Gasteiger partial charge in [-0.2, -0.15) is 16.3 Å². The molecule has 0 spiro atoms. The first-order valence-corrected chi connectivity index (χ1v) is 9.71. The minimum atomic E-state index is -0.580. The summed E-state index contributed by atoms with van der Waals surface area (Å²) in [6, 6.07) is 6.28. The number of phenols is 1. The van der Waals surface area contributed by atoms with E-state index in [1.165, 1.54) is 23.5 Å². The molecule has 0 unspecified atom stereocenters. The third-order valence-corrected chi connectivity index (χ3v) is 5.08. The highest BCUT2D eigenvalue weighted by Crippen LogP contribution is 2.27. The maximum absolute atomic E-state index is 12.1. The van der Waals surface area contributed by atoms with Crippen molar-refractivity contribution in [2.45, 2.75) is 26.4 Å². The molecule has 1 aromatic carbocycles. The molecule has 0 saturated carbocycles. The van der Waals surface area contributed by atoms with Gasteiger partial charge in [-0.25, -0.2) is 4.79 Å². The number of fused-ring (bicyclic) bond motifs is 1. The largest absolute Gasteiger partial charge is 0.508 e. The first-order chi connectivity index (χ1) is 14.0. The lowest BCUT2D eigenvalue weighted by Gasteiger charge is -2.09. The smallest absolute Gasteiger partial charge is 0.336 e. The number of thiophene rings is 1. The summed E-state index contributed by atoms with van der Waals surface area (Å²) in [6.45, 7) is 1.56. The fourth-order valence-corrected chi connectivity index (χ4v) is 3.47. The first kappa shape index (κ1) is 18.9. The second-order valence-electron chi connectivity index (χ2n) is 6.36. The SMILES string of the molecule is Cc1c(O)ccc2c(COC(=O)CCc3nc(-c4ccsc4)no3)cc(=O)oc12. The normalized spacial score (nSPS) is 11.1. The van der Waals surface area contributed by atoms with Crippen LogP contribution in [0.4, 0.5) is 0 Å². The second-order valence-corrected chi connectivity index (χ2v) is 7.14. The Balaban J connectivity index is 1.40. The van der Waals surface area contributed by atoms with Crippen LogP contribution >= 0.6 is 11.3 Å². The molecule has 4 aromatic rings. The van der Waals surface area contributed by atoms with Crippen molar-refractivity contribution in [3.8, 4) is 17.1 Å². The topological polar surface area (TPSA) is 116 Å². The van der Waals surface area contributed by atoms with Crippen molar-refractivity contribution in [1.82, 2.24) is 10.1 Å². The molecule has 0 atom stereocenters. The number of aromatic nitrogens is 2. The average Bonchev–Trinajstić information content (AvgIpc) is 3.39. The maximum atomic E-state index is 12.1. The summed E-state index contributed by atoms with van der Waals surface area (Å²) < 4.78 is 15.6. The lowest BCUT2D eigenvalue weighted by Crippen LogP contribution is -2.08. The van der Waals surface area contributed by atoms with Gasteiger partial charge in [0.1, 0.15) is 17.9 Å². The minimum absolute atomic E-state index is 0.0242. The Labute approximate surface area is 168 Å². The van der Waals surface area contributed by atoms with Crippen LogP contribution in [0, 0.1) is 6.92 Å². The summed E-state index contributed by atoms with van der Waals surface area (Å²) in [5.74, 6) is 0.393. The number of carbonyl (C=O) groups excluding carboxylic acids is 1. The van der Waals surface area contributed by atoms with Crippen LogP contribution in [-0.2, 0) is 22.6 Å². The lowest BCUT2D eigenvalue weighted by molar-refractivity contribution is -0.145. The van der Waals surface area contributed by atoms with E-state index in [0.717, 1.165) is 5.56 Å². The molecule has 1 N–H and O–H groups in total. The molecular formula is C20H16N2O6S. The third-order valence-electron chi connectivity index (χ3n) is 4.40. The van der Waals surface area contributed by atoms with Gasteiger partial charge in [-0.3, -0.25) is 4.79 Å². The summed E-state index contributed by atoms with van der Waals surface area (Å²) in [4.78, 5) is 28.2. The van der Waals surface area contributed by atoms with Crippen molar-refractivity contribution >= 4 is 28.3 Å². The average molecular weight is 412 g/mol. The number of benzene rings is 1. The Hall–Kier alpha value is -3.46. The summed E-state index contributed by atoms with van der Waals surface area (Å²) in [6.07, 6.45) is 0.311. The van der Waals surface area contributed by atoms with Gasteiger partial charge in [0.05, 0.1) is 6.42 Å². The molecule has 0 saturated heterocycles. The second kappa shape index (κ2) is 7.88. The summed E-state index contributed by atoms with van der Waals surface area (Å²) in [5.41, 5.74) is 1.51. The van der Waals surface area contributed by atoms with Crippen LogP contribution in [0.1, 0.15) is 23.4 Å². The fourth-order valence-electron chi connectivity index (χ4n) is 2.84. The van der Waals surface area contributed by atoms with Crippen molar-refractivity contribution < 1.29 is 23.6 Å². The molecule has 0 radical (unpaired) electrons. The van der Waals surface area contributed by atoms with Crippen LogP contribution in [0.5, 0.6) is 5.75 Å². The van der Waals surface area contributed by atoms with E-state index < -0.39 is 11.6 Å². The van der Waals surface area contributed by atoms with Gasteiger partial charge < -0.3 is 18.8 Å². The minimum Gasteiger partial charge on any atom is -0.508 e. The lowest BCUT2D eigenvalue weighted by atomic mass is 10.1. The number of hydrogen-bond acceptors (Lipinski definition) is 9. The van der Waals surface area contributed by atoms with E-state index in [4.69, 9.17) is 13.7 Å². The van der Waals surface area contributed by atoms with Crippen molar-refractivity contribution in [2.75, 3.05) is 0 Å². The number of ether oxygens (including phenoxy) is 1. The van der Waals surface area contributed by atoms with E-state index in [1.807, 2.05) is 16.8 Å². The van der Waals surface area contributed by atoms with Gasteiger partial charge in [-0.15, -0.1) is 0 Å². The maximum Gasteiger partial charge on any atom is 0.336 e. The van der Waals surface area contributed by atoms with Gasteiger partial charge in [0.2, 0.25) is 11.7 Å². The van der Waals surface area contributed by atoms with E-state index in [2.05, 4.69) is 10.1 Å². The van der Waals surface area contributed by atoms with Crippen LogP contribution < -0.4 is 5.63 Å². The standard InChI is InChI=1S/C20H16N2O6S/c1-11-15(23)3-2-14-13(8-18(25)27-19(11)14)9-26-17(24)5-4-16-21-20(22-28-16)12-6-7-29-10-12/h2-3,6-8,10,23H,4-5,9H2,1H3. The van der Waals surface area contributed by atoms with E-state index >= 15 is 0 Å². The molecule has 0 bridgehead atoms. The van der Waals surface area contributed by atoms with Gasteiger partial charge in [0, 0.05) is 39.9 Å². The van der Waals surface area contributed by atoms with E-state index in [9.17, 15) is 14.7 Å². The number of aryl methyl sites for hydroxylation is 2. The van der Waals surface area contributed by atoms with E-state index in [1.54, 1.807) is 13.0 Å².